The highest BCUT2D eigenvalue weighted by Crippen LogP contribution is 2.42. The van der Waals surface area contributed by atoms with Gasteiger partial charge in [-0.15, -0.1) is 0 Å². The predicted octanol–water partition coefficient (Wildman–Crippen LogP) is 5.22. The number of ether oxygens (including phenoxy) is 3. The van der Waals surface area contributed by atoms with Gasteiger partial charge in [-0.2, -0.15) is 13.2 Å². The van der Waals surface area contributed by atoms with Gasteiger partial charge in [-0.1, -0.05) is 51.8 Å². The van der Waals surface area contributed by atoms with E-state index in [4.69, 9.17) is 19.2 Å². The van der Waals surface area contributed by atoms with Gasteiger partial charge in [-0.25, -0.2) is 10.4 Å². The Bertz CT molecular complexity index is 2740. The molecule has 6 bridgehead atoms. The molecule has 3 aliphatic rings. The van der Waals surface area contributed by atoms with E-state index in [9.17, 15) is 32.3 Å². The van der Waals surface area contributed by atoms with Gasteiger partial charge in [0.15, 0.2) is 0 Å². The summed E-state index contributed by atoms with van der Waals surface area (Å²) in [7, 11) is 5.57. The maximum absolute atomic E-state index is 14.8. The minimum absolute atomic E-state index is 0.0514. The zero-order valence-corrected chi connectivity index (χ0v) is 45.3. The van der Waals surface area contributed by atoms with Crippen LogP contribution in [0.4, 0.5) is 13.2 Å². The summed E-state index contributed by atoms with van der Waals surface area (Å²) < 4.78 is 63.4. The molecular formula is C53H69F3N8O7Si. The molecule has 6 heterocycles. The van der Waals surface area contributed by atoms with E-state index in [0.29, 0.717) is 70.8 Å². The zero-order valence-electron chi connectivity index (χ0n) is 43.3. The van der Waals surface area contributed by atoms with E-state index < -0.39 is 64.7 Å². The number of likely N-dealkylation sites (tertiary alicyclic amines) is 1. The molecule has 1 aromatic carbocycles. The highest BCUT2D eigenvalue weighted by Gasteiger charge is 2.44. The molecule has 2 saturated heterocycles. The molecule has 19 heteroatoms. The lowest BCUT2D eigenvalue weighted by atomic mass is 9.85. The third kappa shape index (κ3) is 12.2. The Morgan fingerprint density at radius 2 is 1.82 bits per heavy atom. The summed E-state index contributed by atoms with van der Waals surface area (Å²) in [5.74, 6) is 3.26. The molecule has 2 fully saturated rings. The number of hydrogen-bond donors (Lipinski definition) is 2. The minimum Gasteiger partial charge on any atom is -0.464 e. The molecule has 3 aromatic heterocycles. The lowest BCUT2D eigenvalue weighted by Crippen LogP contribution is -2.67. The lowest BCUT2D eigenvalue weighted by Gasteiger charge is -2.41. The molecule has 4 atom stereocenters. The number of hydrogen-bond acceptors (Lipinski definition) is 11. The van der Waals surface area contributed by atoms with E-state index in [-0.39, 0.29) is 66.3 Å². The highest BCUT2D eigenvalue weighted by atomic mass is 28.1. The van der Waals surface area contributed by atoms with Crippen LogP contribution >= 0.6 is 0 Å². The Morgan fingerprint density at radius 1 is 1.08 bits per heavy atom. The Hall–Kier alpha value is -5.65. The summed E-state index contributed by atoms with van der Waals surface area (Å²) in [6.45, 7) is 12.9. The number of nitrogens with one attached hydrogen (secondary N) is 2. The number of esters is 1. The number of fused-ring (bicyclic) bond motifs is 6. The first-order valence-electron chi connectivity index (χ1n) is 24.6. The summed E-state index contributed by atoms with van der Waals surface area (Å²) in [5.41, 5.74) is 6.08. The van der Waals surface area contributed by atoms with Crippen LogP contribution in [0.15, 0.2) is 54.7 Å². The van der Waals surface area contributed by atoms with Crippen molar-refractivity contribution in [1.29, 1.82) is 0 Å². The quantitative estimate of drug-likeness (QED) is 0.115. The van der Waals surface area contributed by atoms with E-state index in [1.165, 1.54) is 16.7 Å². The normalized spacial score (nSPS) is 20.9. The Labute approximate surface area is 423 Å². The van der Waals surface area contributed by atoms with Gasteiger partial charge in [-0.3, -0.25) is 34.1 Å². The van der Waals surface area contributed by atoms with Crippen LogP contribution < -0.4 is 10.7 Å². The van der Waals surface area contributed by atoms with Gasteiger partial charge in [-0.05, 0) is 102 Å². The van der Waals surface area contributed by atoms with Crippen LogP contribution in [0.25, 0.3) is 33.5 Å². The number of carbonyl (C=O) groups is 4. The molecule has 0 aliphatic carbocycles. The van der Waals surface area contributed by atoms with Crippen LogP contribution in [0.3, 0.4) is 0 Å². The third-order valence-corrected chi connectivity index (χ3v) is 15.4. The summed E-state index contributed by atoms with van der Waals surface area (Å²) in [4.78, 5) is 69.5. The van der Waals surface area contributed by atoms with Gasteiger partial charge < -0.3 is 29.0 Å². The molecule has 0 unspecified atom stereocenters. The monoisotopic (exact) mass is 1010 g/mol. The van der Waals surface area contributed by atoms with Gasteiger partial charge in [0.1, 0.15) is 17.7 Å². The average Bonchev–Trinajstić information content (AvgIpc) is 3.58. The summed E-state index contributed by atoms with van der Waals surface area (Å²) in [5, 5.41) is 3.28. The van der Waals surface area contributed by atoms with Crippen molar-refractivity contribution in [2.75, 3.05) is 54.1 Å². The Kier molecular flexibility index (Phi) is 16.1. The van der Waals surface area contributed by atoms with Crippen molar-refractivity contribution in [3.63, 3.8) is 0 Å². The number of nitrogens with zero attached hydrogens (tertiary/aromatic N) is 6. The molecule has 4 aromatic rings. The molecule has 388 valence electrons. The molecular weight excluding hydrogens is 946 g/mol. The van der Waals surface area contributed by atoms with E-state index >= 15 is 0 Å². The fraction of sp³-hybridized carbons (Fsp3) is 0.547. The molecule has 15 nitrogen and oxygen atoms in total. The van der Waals surface area contributed by atoms with Crippen LogP contribution in [0.5, 0.6) is 0 Å². The molecule has 0 saturated carbocycles. The summed E-state index contributed by atoms with van der Waals surface area (Å²) in [6, 6.07) is 13.1. The maximum atomic E-state index is 14.8. The largest absolute Gasteiger partial charge is 0.464 e. The van der Waals surface area contributed by atoms with Gasteiger partial charge in [0.25, 0.3) is 11.8 Å². The Morgan fingerprint density at radius 3 is 2.50 bits per heavy atom. The van der Waals surface area contributed by atoms with Crippen LogP contribution in [-0.2, 0) is 52.8 Å². The number of rotatable bonds is 11. The maximum Gasteiger partial charge on any atom is 0.406 e. The van der Waals surface area contributed by atoms with E-state index in [2.05, 4.69) is 27.6 Å². The zero-order chi connectivity index (χ0) is 52.5. The molecule has 3 aliphatic heterocycles. The van der Waals surface area contributed by atoms with Crippen molar-refractivity contribution in [2.24, 2.45) is 17.3 Å². The fourth-order valence-electron chi connectivity index (χ4n) is 9.26. The smallest absolute Gasteiger partial charge is 0.406 e. The van der Waals surface area contributed by atoms with E-state index in [1.54, 1.807) is 42.3 Å². The number of pyridine rings is 2. The van der Waals surface area contributed by atoms with E-state index in [1.807, 2.05) is 84.8 Å². The molecule has 3 amide bonds. The van der Waals surface area contributed by atoms with Crippen molar-refractivity contribution in [3.05, 3.63) is 71.5 Å². The second-order valence-electron chi connectivity index (χ2n) is 21.5. The third-order valence-electron chi connectivity index (χ3n) is 14.2. The first-order valence-corrected chi connectivity index (χ1v) is 25.6. The van der Waals surface area contributed by atoms with Crippen LogP contribution in [0, 0.1) is 29.1 Å². The molecule has 0 spiro atoms. The molecule has 2 N–H and O–H groups in total. The second-order valence-corrected chi connectivity index (χ2v) is 23.3. The Balaban J connectivity index is 1.25. The SMILES string of the molecule is CO[C@@H](C)c1ncccc1-c1c2c3nc(ccc3n1CC(F)(F)F)-c1cccc(c1)C[C@H](NC(=O)[C@@H](COC1CN(C(=O)C#CC(C)(C)N(C)C)C1)C(C)C)C(=O)N1CCC[C@@]([SiH3])(N1)C(=O)OCC(C)(C)C2. The van der Waals surface area contributed by atoms with Gasteiger partial charge in [0.05, 0.1) is 65.0 Å². The second kappa shape index (κ2) is 21.4. The molecule has 72 heavy (non-hydrogen) atoms. The number of cyclic esters (lactones) is 1. The van der Waals surface area contributed by atoms with Crippen LogP contribution in [-0.4, -0.2) is 146 Å². The number of halogens is 3. The number of hydrazine groups is 1. The molecule has 0 radical (unpaired) electrons. The number of alkyl halides is 3. The fourth-order valence-corrected chi connectivity index (χ4v) is 10.0. The molecule has 7 rings (SSSR count). The number of carbonyl (C=O) groups excluding carboxylic acids is 4. The van der Waals surface area contributed by atoms with Crippen molar-refractivity contribution >= 4 is 45.0 Å². The number of methoxy groups -OCH3 is 1. The standard InChI is InChI=1S/C53H69F3N8O7Si/c1-32(2)39(29-70-36-27-62(28-36)43(65)19-21-51(6,7)61(8)9)47(66)59-41-25-34-14-11-15-35(24-34)40-17-18-42-45(58-40)38(26-50(4,5)31-71-49(68)52(72)20-13-23-64(60-52)48(41)67)46(63(42)30-53(54,55)56)37-16-12-22-57-44(37)33(3)69-10/h11-12,14-18,22,24,32-33,36,39,41,60H,13,20,23,25-31H2,1-10,72H3,(H,59,66)/t33-,39-,41-,52-/m0/s1. The topological polar surface area (TPSA) is 160 Å². The number of aromatic nitrogens is 3. The number of amides is 3. The first-order chi connectivity index (χ1) is 33.8. The van der Waals surface area contributed by atoms with Gasteiger partial charge in [0, 0.05) is 71.7 Å². The van der Waals surface area contributed by atoms with Crippen molar-refractivity contribution in [1.82, 2.24) is 40.1 Å². The average molecular weight is 1020 g/mol. The van der Waals surface area contributed by atoms with Gasteiger partial charge >= 0.3 is 12.1 Å². The van der Waals surface area contributed by atoms with Gasteiger partial charge in [0.2, 0.25) is 5.91 Å². The van der Waals surface area contributed by atoms with E-state index in [0.717, 1.165) is 0 Å². The summed E-state index contributed by atoms with van der Waals surface area (Å²) in [6.07, 6.45) is -2.76. The van der Waals surface area contributed by atoms with Crippen LogP contribution in [0.2, 0.25) is 0 Å². The first kappa shape index (κ1) is 54.1. The lowest BCUT2D eigenvalue weighted by molar-refractivity contribution is -0.158. The van der Waals surface area contributed by atoms with Crippen molar-refractivity contribution in [2.45, 2.75) is 116 Å². The predicted molar refractivity (Wildman–Crippen MR) is 271 cm³/mol. The highest BCUT2D eigenvalue weighted by molar-refractivity contribution is 6.27. The van der Waals surface area contributed by atoms with Crippen molar-refractivity contribution in [3.8, 4) is 34.4 Å². The minimum atomic E-state index is -4.61. The summed E-state index contributed by atoms with van der Waals surface area (Å²) >= 11 is 0. The van der Waals surface area contributed by atoms with Crippen molar-refractivity contribution < 1.29 is 46.6 Å². The number of benzene rings is 1. The van der Waals surface area contributed by atoms with Crippen LogP contribution in [0.1, 0.15) is 84.2 Å².